The van der Waals surface area contributed by atoms with E-state index in [-0.39, 0.29) is 7.30 Å². The van der Waals surface area contributed by atoms with Crippen molar-refractivity contribution in [3.63, 3.8) is 0 Å². The summed E-state index contributed by atoms with van der Waals surface area (Å²) in [6.45, 7) is 0. The van der Waals surface area contributed by atoms with Crippen LogP contribution in [0.15, 0.2) is 176 Å². The molecule has 0 bridgehead atoms. The molecular weight excluding hydrogens is 702 g/mol. The molecule has 6 unspecified atom stereocenters. The van der Waals surface area contributed by atoms with Crippen molar-refractivity contribution in [2.45, 2.75) is 32.1 Å². The third-order valence-electron chi connectivity index (χ3n) is 8.82. The molecule has 0 amide bonds. The average molecular weight is 747 g/mol. The highest BCUT2D eigenvalue weighted by atomic mass is 32.8. The molecule has 1 aliphatic heterocycles. The highest BCUT2D eigenvalue weighted by Gasteiger charge is 2.41. The van der Waals surface area contributed by atoms with E-state index >= 15 is 0 Å². The van der Waals surface area contributed by atoms with E-state index < -0.39 is 29.5 Å². The first-order valence-electron chi connectivity index (χ1n) is 17.4. The molecule has 1 heterocycles. The van der Waals surface area contributed by atoms with Crippen LogP contribution >= 0.6 is 45.1 Å². The summed E-state index contributed by atoms with van der Waals surface area (Å²) in [5.41, 5.74) is 2.62. The van der Waals surface area contributed by atoms with Gasteiger partial charge in [-0.15, -0.1) is 0 Å². The Labute approximate surface area is 301 Å². The van der Waals surface area contributed by atoms with Gasteiger partial charge >= 0.3 is 0 Å². The van der Waals surface area contributed by atoms with Crippen LogP contribution < -0.4 is 26.5 Å². The Balaban J connectivity index is 1.46. The lowest BCUT2D eigenvalue weighted by Gasteiger charge is -2.43. The van der Waals surface area contributed by atoms with Crippen LogP contribution in [0.5, 0.6) is 0 Å². The Kier molecular flexibility index (Phi) is 13.3. The van der Waals surface area contributed by atoms with Crippen molar-refractivity contribution >= 4 is 71.6 Å². The van der Waals surface area contributed by atoms with Crippen molar-refractivity contribution < 1.29 is 0 Å². The van der Waals surface area contributed by atoms with E-state index in [1.807, 2.05) is 0 Å². The van der Waals surface area contributed by atoms with Crippen molar-refractivity contribution in [2.75, 3.05) is 12.3 Å². The Bertz CT molecular complexity index is 1820. The molecule has 6 aromatic rings. The number of hydrogen-bond acceptors (Lipinski definition) is 0. The molecule has 0 aromatic heterocycles. The zero-order valence-corrected chi connectivity index (χ0v) is 33.4. The smallest absolute Gasteiger partial charge is 0.00602 e. The van der Waals surface area contributed by atoms with Crippen molar-refractivity contribution in [1.29, 1.82) is 0 Å². The molecule has 0 nitrogen and oxygen atoms in total. The van der Waals surface area contributed by atoms with Crippen LogP contribution in [-0.4, -0.2) is 12.3 Å². The molecule has 1 aliphatic rings. The van der Waals surface area contributed by atoms with Crippen LogP contribution in [0.3, 0.4) is 0 Å². The lowest BCUT2D eigenvalue weighted by atomic mass is 10.1. The molecule has 7 rings (SSSR count). The summed E-state index contributed by atoms with van der Waals surface area (Å²) in [7, 11) is -1.33. The zero-order chi connectivity index (χ0) is 33.1. The minimum absolute atomic E-state index is 0.364. The minimum atomic E-state index is -0.531. The molecule has 0 saturated carbocycles. The Hall–Kier alpha value is -2.10. The van der Waals surface area contributed by atoms with Gasteiger partial charge in [-0.2, -0.15) is 0 Å². The van der Waals surface area contributed by atoms with E-state index in [0.29, 0.717) is 0 Å². The number of hydrogen-bond donors (Lipinski definition) is 0. The molecule has 6 aromatic carbocycles. The quantitative estimate of drug-likeness (QED) is 0.149. The maximum atomic E-state index is 2.52. The topological polar surface area (TPSA) is 0 Å². The summed E-state index contributed by atoms with van der Waals surface area (Å²) >= 11 is 0. The fourth-order valence-electron chi connectivity index (χ4n) is 6.37. The van der Waals surface area contributed by atoms with Gasteiger partial charge in [0.1, 0.15) is 0 Å². The predicted octanol–water partition coefficient (Wildman–Crippen LogP) is 12.9. The van der Waals surface area contributed by atoms with Crippen molar-refractivity contribution in [3.05, 3.63) is 176 Å². The van der Waals surface area contributed by atoms with Crippen LogP contribution in [0, 0.1) is 0 Å². The summed E-state index contributed by atoms with van der Waals surface area (Å²) in [5.74, 6) is 0. The van der Waals surface area contributed by atoms with Gasteiger partial charge in [0, 0.05) is 0 Å². The van der Waals surface area contributed by atoms with E-state index in [0.717, 1.165) is 8.27 Å². The molecule has 1 saturated heterocycles. The molecule has 1 fully saturated rings. The van der Waals surface area contributed by atoms with Crippen LogP contribution in [0.1, 0.15) is 32.1 Å². The fraction of sp³-hybridized carbons (Fsp3) is 0.163. The second-order valence-electron chi connectivity index (χ2n) is 12.2. The molecular formula is C43H44P6. The Morgan fingerprint density at radius 1 is 0.327 bits per heavy atom. The second-order valence-corrected chi connectivity index (χ2v) is 35.3. The molecule has 0 radical (unpaired) electrons. The Morgan fingerprint density at radius 3 is 1.33 bits per heavy atom. The summed E-state index contributed by atoms with van der Waals surface area (Å²) in [5, 5.41) is 8.04. The minimum Gasteiger partial charge on any atom is -0.0862 e. The lowest BCUT2D eigenvalue weighted by molar-refractivity contribution is 0.662. The van der Waals surface area contributed by atoms with E-state index in [9.17, 15) is 0 Å². The highest BCUT2D eigenvalue weighted by molar-refractivity contribution is 8.95. The maximum Gasteiger partial charge on any atom is -0.00602 e. The van der Waals surface area contributed by atoms with E-state index in [2.05, 4.69) is 176 Å². The summed E-state index contributed by atoms with van der Waals surface area (Å²) in [6.07, 6.45) is 9.47. The van der Waals surface area contributed by atoms with Crippen molar-refractivity contribution in [1.82, 2.24) is 0 Å². The van der Waals surface area contributed by atoms with Gasteiger partial charge in [-0.1, -0.05) is 203 Å². The third-order valence-corrected chi connectivity index (χ3v) is 46.2. The van der Waals surface area contributed by atoms with Gasteiger partial charge < -0.3 is 0 Å². The van der Waals surface area contributed by atoms with Crippen LogP contribution in [0.25, 0.3) is 11.1 Å². The second kappa shape index (κ2) is 18.4. The SMILES string of the molecule is c1ccc(-c2ccc(P3CCCCCCCPP(c4ccccc4)P(c4ccccc4)P(c4ccccc4)P3c3ccccc3)cc2)cc1. The molecule has 6 heteroatoms. The Morgan fingerprint density at radius 2 is 0.755 bits per heavy atom. The monoisotopic (exact) mass is 746 g/mol. The van der Waals surface area contributed by atoms with Crippen LogP contribution in [0.2, 0.25) is 0 Å². The molecule has 246 valence electrons. The predicted molar refractivity (Wildman–Crippen MR) is 232 cm³/mol. The standard InChI is InChI=1S/C43H44P6/c1-2-19-35-44-46(40-23-11-5-12-24-40)48(42-27-15-7-16-28-42)49(43-29-17-8-18-30-43)47(41-25-13-6-14-26-41)45(36-20-3-1)39-33-31-38(32-34-39)37-21-9-4-10-22-37/h4-18,21-34,44H,1-3,19-20,35-36H2. The van der Waals surface area contributed by atoms with Crippen LogP contribution in [-0.2, 0) is 0 Å². The van der Waals surface area contributed by atoms with E-state index in [4.69, 9.17) is 0 Å². The number of benzene rings is 6. The van der Waals surface area contributed by atoms with E-state index in [1.165, 1.54) is 55.6 Å². The maximum absolute atomic E-state index is 2.52. The van der Waals surface area contributed by atoms with Gasteiger partial charge in [0.15, 0.2) is 0 Å². The van der Waals surface area contributed by atoms with Gasteiger partial charge in [-0.3, -0.25) is 0 Å². The van der Waals surface area contributed by atoms with Crippen molar-refractivity contribution in [3.8, 4) is 11.1 Å². The van der Waals surface area contributed by atoms with Crippen LogP contribution in [0.4, 0.5) is 0 Å². The van der Waals surface area contributed by atoms with Gasteiger partial charge in [0.25, 0.3) is 0 Å². The first-order valence-corrected chi connectivity index (χ1v) is 29.2. The molecule has 49 heavy (non-hydrogen) atoms. The van der Waals surface area contributed by atoms with Gasteiger partial charge in [-0.05, 0) is 99.6 Å². The highest BCUT2D eigenvalue weighted by Crippen LogP contribution is 3.03. The molecule has 0 aliphatic carbocycles. The number of rotatable bonds is 6. The normalized spacial score (nSPS) is 22.7. The van der Waals surface area contributed by atoms with Crippen molar-refractivity contribution in [2.24, 2.45) is 0 Å². The molecule has 0 N–H and O–H groups in total. The summed E-state index contributed by atoms with van der Waals surface area (Å²) in [6, 6.07) is 68.1. The van der Waals surface area contributed by atoms with Gasteiger partial charge in [0.05, 0.1) is 0 Å². The first-order chi connectivity index (χ1) is 24.4. The zero-order valence-electron chi connectivity index (χ0n) is 27.9. The van der Waals surface area contributed by atoms with E-state index in [1.54, 1.807) is 26.5 Å². The molecule has 6 atom stereocenters. The lowest BCUT2D eigenvalue weighted by Crippen LogP contribution is -2.13. The summed E-state index contributed by atoms with van der Waals surface area (Å²) in [4.78, 5) is 0. The average Bonchev–Trinajstić information content (AvgIpc) is 3.20. The third kappa shape index (κ3) is 9.04. The fourth-order valence-corrected chi connectivity index (χ4v) is 58.0. The van der Waals surface area contributed by atoms with Gasteiger partial charge in [0.2, 0.25) is 0 Å². The largest absolute Gasteiger partial charge is 0.0862 e. The first kappa shape index (κ1) is 35.3. The van der Waals surface area contributed by atoms with Gasteiger partial charge in [-0.25, -0.2) is 0 Å². The summed E-state index contributed by atoms with van der Waals surface area (Å²) < 4.78 is 0. The molecule has 0 spiro atoms.